The predicted molar refractivity (Wildman–Crippen MR) is 91.5 cm³/mol. The van der Waals surface area contributed by atoms with Crippen LogP contribution in [-0.2, 0) is 6.42 Å². The van der Waals surface area contributed by atoms with Crippen LogP contribution < -0.4 is 11.1 Å². The number of ketones is 1. The molecule has 0 fully saturated rings. The maximum atomic E-state index is 13.5. The number of hydrogen-bond donors (Lipinski definition) is 2. The van der Waals surface area contributed by atoms with Gasteiger partial charge in [0.25, 0.3) is 0 Å². The normalized spacial score (nSPS) is 11.9. The number of nitrogens with one attached hydrogen (secondary N) is 1. The third-order valence-electron chi connectivity index (χ3n) is 3.89. The van der Waals surface area contributed by atoms with Gasteiger partial charge in [-0.2, -0.15) is 0 Å². The lowest BCUT2D eigenvalue weighted by molar-refractivity contribution is 0.0980. The van der Waals surface area contributed by atoms with Gasteiger partial charge in [-0.1, -0.05) is 24.3 Å². The number of Topliss-reactive ketones (excluding diaryl/α,β-unsaturated/α-hetero) is 1. The molecule has 0 heterocycles. The zero-order chi connectivity index (χ0) is 17.5. The topological polar surface area (TPSA) is 72.2 Å². The van der Waals surface area contributed by atoms with Crippen molar-refractivity contribution in [3.63, 3.8) is 0 Å². The van der Waals surface area contributed by atoms with Crippen LogP contribution in [0.25, 0.3) is 0 Å². The van der Waals surface area contributed by atoms with E-state index in [2.05, 4.69) is 5.32 Å². The van der Waals surface area contributed by atoms with Gasteiger partial charge in [0.05, 0.1) is 12.1 Å². The number of rotatable bonds is 8. The maximum Gasteiger partial charge on any atom is 0.248 e. The first-order valence-electron chi connectivity index (χ1n) is 7.87. The van der Waals surface area contributed by atoms with Gasteiger partial charge >= 0.3 is 0 Å². The molecule has 0 aliphatic rings. The highest BCUT2D eigenvalue weighted by Crippen LogP contribution is 2.09. The number of benzene rings is 2. The third kappa shape index (κ3) is 4.99. The Morgan fingerprint density at radius 3 is 2.42 bits per heavy atom. The quantitative estimate of drug-likeness (QED) is 0.732. The Labute approximate surface area is 140 Å². The summed E-state index contributed by atoms with van der Waals surface area (Å²) < 4.78 is 13.5. The van der Waals surface area contributed by atoms with Gasteiger partial charge in [-0.3, -0.25) is 9.59 Å². The van der Waals surface area contributed by atoms with E-state index in [4.69, 9.17) is 5.73 Å². The van der Waals surface area contributed by atoms with Crippen LogP contribution in [0.1, 0.15) is 39.6 Å². The summed E-state index contributed by atoms with van der Waals surface area (Å²) in [5.41, 5.74) is 6.89. The Kier molecular flexibility index (Phi) is 6.21. The molecule has 0 aromatic heterocycles. The second-order valence-electron chi connectivity index (χ2n) is 5.78. The van der Waals surface area contributed by atoms with Gasteiger partial charge < -0.3 is 11.1 Å². The summed E-state index contributed by atoms with van der Waals surface area (Å²) >= 11 is 0. The van der Waals surface area contributed by atoms with E-state index in [-0.39, 0.29) is 23.9 Å². The van der Waals surface area contributed by atoms with Crippen LogP contribution in [-0.4, -0.2) is 24.3 Å². The van der Waals surface area contributed by atoms with Crippen molar-refractivity contribution in [2.45, 2.75) is 25.8 Å². The molecule has 2 aromatic carbocycles. The van der Waals surface area contributed by atoms with Crippen molar-refractivity contribution < 1.29 is 14.0 Å². The summed E-state index contributed by atoms with van der Waals surface area (Å²) in [5, 5.41) is 3.12. The summed E-state index contributed by atoms with van der Waals surface area (Å²) in [7, 11) is 0. The second kappa shape index (κ2) is 8.36. The van der Waals surface area contributed by atoms with Crippen molar-refractivity contribution in [3.8, 4) is 0 Å². The average molecular weight is 328 g/mol. The lowest BCUT2D eigenvalue weighted by Crippen LogP contribution is -2.32. The highest BCUT2D eigenvalue weighted by molar-refractivity contribution is 5.97. The maximum absolute atomic E-state index is 13.5. The van der Waals surface area contributed by atoms with Crippen LogP contribution in [0, 0.1) is 5.82 Å². The van der Waals surface area contributed by atoms with Crippen LogP contribution >= 0.6 is 0 Å². The summed E-state index contributed by atoms with van der Waals surface area (Å²) in [5.74, 6) is -1.19. The molecule has 0 unspecified atom stereocenters. The number of halogens is 1. The zero-order valence-corrected chi connectivity index (χ0v) is 13.6. The molecule has 0 aliphatic carbocycles. The number of carbonyl (C=O) groups excluding carboxylic acids is 2. The highest BCUT2D eigenvalue weighted by atomic mass is 19.1. The zero-order valence-electron chi connectivity index (χ0n) is 13.6. The molecule has 24 heavy (non-hydrogen) atoms. The monoisotopic (exact) mass is 328 g/mol. The number of aryl methyl sites for hydroxylation is 1. The fourth-order valence-corrected chi connectivity index (χ4v) is 2.37. The summed E-state index contributed by atoms with van der Waals surface area (Å²) in [4.78, 5) is 23.0. The molecule has 5 heteroatoms. The van der Waals surface area contributed by atoms with Crippen LogP contribution in [0.5, 0.6) is 0 Å². The lowest BCUT2D eigenvalue weighted by atomic mass is 10.0. The van der Waals surface area contributed by atoms with Crippen molar-refractivity contribution in [2.24, 2.45) is 5.73 Å². The lowest BCUT2D eigenvalue weighted by Gasteiger charge is -2.13. The minimum Gasteiger partial charge on any atom is -0.366 e. The van der Waals surface area contributed by atoms with Gasteiger partial charge in [0, 0.05) is 11.6 Å². The van der Waals surface area contributed by atoms with E-state index in [0.717, 1.165) is 18.4 Å². The molecule has 1 atom stereocenters. The van der Waals surface area contributed by atoms with E-state index in [0.29, 0.717) is 5.56 Å². The van der Waals surface area contributed by atoms with E-state index in [9.17, 15) is 14.0 Å². The van der Waals surface area contributed by atoms with Crippen LogP contribution in [0.2, 0.25) is 0 Å². The first kappa shape index (κ1) is 17.8. The van der Waals surface area contributed by atoms with Gasteiger partial charge in [0.1, 0.15) is 5.82 Å². The molecule has 0 saturated carbocycles. The third-order valence-corrected chi connectivity index (χ3v) is 3.89. The molecule has 0 radical (unpaired) electrons. The average Bonchev–Trinajstić information content (AvgIpc) is 2.58. The van der Waals surface area contributed by atoms with Crippen LogP contribution in [0.15, 0.2) is 48.5 Å². The number of hydrogen-bond acceptors (Lipinski definition) is 3. The molecular weight excluding hydrogens is 307 g/mol. The number of primary amides is 1. The first-order chi connectivity index (χ1) is 11.5. The van der Waals surface area contributed by atoms with Gasteiger partial charge in [-0.15, -0.1) is 0 Å². The van der Waals surface area contributed by atoms with E-state index in [1.54, 1.807) is 24.3 Å². The fraction of sp³-hybridized carbons (Fsp3) is 0.263. The molecular formula is C19H21FN2O2. The van der Waals surface area contributed by atoms with Gasteiger partial charge in [0.2, 0.25) is 5.91 Å². The minimum atomic E-state index is -0.494. The van der Waals surface area contributed by atoms with Crippen LogP contribution in [0.4, 0.5) is 4.39 Å². The molecule has 0 spiro atoms. The summed E-state index contributed by atoms with van der Waals surface area (Å²) in [6.45, 7) is 2.08. The van der Waals surface area contributed by atoms with Crippen molar-refractivity contribution in [2.75, 3.05) is 6.54 Å². The Bertz CT molecular complexity index is 714. The predicted octanol–water partition coefficient (Wildman–Crippen LogP) is 2.72. The van der Waals surface area contributed by atoms with E-state index in [1.165, 1.54) is 12.1 Å². The Hall–Kier alpha value is -2.53. The Morgan fingerprint density at radius 1 is 1.12 bits per heavy atom. The second-order valence-corrected chi connectivity index (χ2v) is 5.78. The van der Waals surface area contributed by atoms with Crippen molar-refractivity contribution >= 4 is 11.7 Å². The fourth-order valence-electron chi connectivity index (χ4n) is 2.37. The number of amides is 1. The van der Waals surface area contributed by atoms with Gasteiger partial charge in [-0.05, 0) is 49.6 Å². The van der Waals surface area contributed by atoms with E-state index < -0.39 is 11.7 Å². The van der Waals surface area contributed by atoms with E-state index >= 15 is 0 Å². The largest absolute Gasteiger partial charge is 0.366 e. The van der Waals surface area contributed by atoms with Gasteiger partial charge in [0.15, 0.2) is 5.78 Å². The highest BCUT2D eigenvalue weighted by Gasteiger charge is 2.12. The smallest absolute Gasteiger partial charge is 0.248 e. The molecule has 2 aromatic rings. The Balaban J connectivity index is 1.79. The molecule has 1 amide bonds. The van der Waals surface area contributed by atoms with Crippen molar-refractivity contribution in [1.82, 2.24) is 5.32 Å². The molecule has 126 valence electrons. The van der Waals surface area contributed by atoms with Gasteiger partial charge in [-0.25, -0.2) is 4.39 Å². The first-order valence-corrected chi connectivity index (χ1v) is 7.87. The standard InChI is InChI=1S/C19H21FN2O2/c1-13(6-7-14-8-10-15(11-9-14)19(21)24)22-12-18(23)16-4-2-3-5-17(16)20/h2-5,8-11,13,22H,6-7,12H2,1H3,(H2,21,24)/t13-/m1/s1. The van der Waals surface area contributed by atoms with Crippen molar-refractivity contribution in [1.29, 1.82) is 0 Å². The molecule has 2 rings (SSSR count). The molecule has 0 bridgehead atoms. The number of carbonyl (C=O) groups is 2. The van der Waals surface area contributed by atoms with E-state index in [1.807, 2.05) is 19.1 Å². The Morgan fingerprint density at radius 2 is 1.79 bits per heavy atom. The molecule has 3 N–H and O–H groups in total. The number of nitrogens with two attached hydrogens (primary N) is 1. The van der Waals surface area contributed by atoms with Crippen molar-refractivity contribution in [3.05, 3.63) is 71.0 Å². The molecule has 0 aliphatic heterocycles. The molecule has 0 saturated heterocycles. The summed E-state index contributed by atoms with van der Waals surface area (Å²) in [6, 6.07) is 13.2. The minimum absolute atomic E-state index is 0.0999. The summed E-state index contributed by atoms with van der Waals surface area (Å²) in [6.07, 6.45) is 1.63. The molecule has 4 nitrogen and oxygen atoms in total. The SMILES string of the molecule is C[C@H](CCc1ccc(C(N)=O)cc1)NCC(=O)c1ccccc1F. The van der Waals surface area contributed by atoms with Crippen LogP contribution in [0.3, 0.4) is 0 Å².